The maximum atomic E-state index is 9.47. The van der Waals surface area contributed by atoms with Gasteiger partial charge in [-0.3, -0.25) is 0 Å². The van der Waals surface area contributed by atoms with Gasteiger partial charge in [-0.1, -0.05) is 151 Å². The van der Waals surface area contributed by atoms with E-state index in [0.29, 0.717) is 11.4 Å². The fourth-order valence-corrected chi connectivity index (χ4v) is 6.61. The van der Waals surface area contributed by atoms with Gasteiger partial charge in [0.25, 0.3) is 0 Å². The number of nitrogens with zero attached hydrogens (tertiary/aromatic N) is 1. The van der Waals surface area contributed by atoms with Crippen LogP contribution in [0.25, 0.3) is 65.3 Å². The van der Waals surface area contributed by atoms with Crippen molar-refractivity contribution in [3.8, 4) is 22.3 Å². The number of rotatable bonds is 5. The highest BCUT2D eigenvalue weighted by atomic mass is 15.1. The molecule has 0 saturated heterocycles. The number of anilines is 3. The van der Waals surface area contributed by atoms with Crippen molar-refractivity contribution in [2.45, 2.75) is 0 Å². The predicted molar refractivity (Wildman–Crippen MR) is 202 cm³/mol. The first-order valence-corrected chi connectivity index (χ1v) is 15.5. The minimum atomic E-state index is -0.620. The summed E-state index contributed by atoms with van der Waals surface area (Å²) in [7, 11) is 0. The van der Waals surface area contributed by atoms with Gasteiger partial charge in [0.05, 0.1) is 18.0 Å². The zero-order valence-electron chi connectivity index (χ0n) is 34.1. The van der Waals surface area contributed by atoms with Gasteiger partial charge in [-0.25, -0.2) is 0 Å². The van der Waals surface area contributed by atoms with E-state index in [1.165, 1.54) is 0 Å². The first kappa shape index (κ1) is 19.4. The summed E-state index contributed by atoms with van der Waals surface area (Å²) < 4.78 is 79.2. The molecule has 220 valence electrons. The zero-order chi connectivity index (χ0) is 39.0. The standard InChI is InChI=1S/C46H31N/c1-2-12-32(13-3-1)33-22-26-37(27-23-33)47(46-31-36-15-5-7-17-40(36)42-19-10-11-21-44(42)46)38-28-24-34(25-29-38)45-30-35-14-4-6-16-39(35)41-18-8-9-20-43(41)45/h1-31H/i1D,2D,3D,12D,13D,22D,23D,26D,27D. The molecular weight excluding hydrogens is 567 g/mol. The number of hydrogen-bond acceptors (Lipinski definition) is 1. The van der Waals surface area contributed by atoms with Crippen molar-refractivity contribution >= 4 is 60.2 Å². The lowest BCUT2D eigenvalue weighted by Crippen LogP contribution is -2.10. The van der Waals surface area contributed by atoms with Gasteiger partial charge in [0.1, 0.15) is 0 Å². The maximum absolute atomic E-state index is 9.47. The fourth-order valence-electron chi connectivity index (χ4n) is 6.61. The Morgan fingerprint density at radius 1 is 0.362 bits per heavy atom. The van der Waals surface area contributed by atoms with Crippen molar-refractivity contribution in [3.05, 3.63) is 188 Å². The Balaban J connectivity index is 1.32. The fraction of sp³-hybridized carbons (Fsp3) is 0. The molecule has 0 aliphatic carbocycles. The van der Waals surface area contributed by atoms with Crippen molar-refractivity contribution in [2.75, 3.05) is 4.90 Å². The lowest BCUT2D eigenvalue weighted by atomic mass is 9.93. The number of hydrogen-bond donors (Lipinski definition) is 0. The first-order valence-electron chi connectivity index (χ1n) is 20.0. The van der Waals surface area contributed by atoms with Gasteiger partial charge in [-0.15, -0.1) is 0 Å². The summed E-state index contributed by atoms with van der Waals surface area (Å²) in [4.78, 5) is 1.74. The average Bonchev–Trinajstić information content (AvgIpc) is 3.24. The SMILES string of the molecule is [2H]c1c([2H])c([2H])c(-c2c([2H])c([2H])c(N(c3ccc(-c4cc5ccccc5c5ccccc45)cc3)c3cc4ccccc4c4ccccc34)c([2H])c2[2H])c([2H])c1[2H]. The highest BCUT2D eigenvalue weighted by Crippen LogP contribution is 2.43. The largest absolute Gasteiger partial charge is 0.310 e. The van der Waals surface area contributed by atoms with Gasteiger partial charge in [-0.2, -0.15) is 0 Å². The van der Waals surface area contributed by atoms with Crippen LogP contribution in [0.1, 0.15) is 12.3 Å². The van der Waals surface area contributed by atoms with E-state index in [9.17, 15) is 5.48 Å². The van der Waals surface area contributed by atoms with Crippen molar-refractivity contribution in [1.82, 2.24) is 0 Å². The van der Waals surface area contributed by atoms with Gasteiger partial charge < -0.3 is 4.90 Å². The van der Waals surface area contributed by atoms with Crippen LogP contribution in [0.3, 0.4) is 0 Å². The van der Waals surface area contributed by atoms with E-state index >= 15 is 0 Å². The summed E-state index contributed by atoms with van der Waals surface area (Å²) in [6, 6.07) is 39.5. The van der Waals surface area contributed by atoms with E-state index in [0.717, 1.165) is 54.2 Å². The molecule has 1 heteroatoms. The summed E-state index contributed by atoms with van der Waals surface area (Å²) in [5, 5.41) is 8.19. The third kappa shape index (κ3) is 4.72. The summed E-state index contributed by atoms with van der Waals surface area (Å²) in [6.45, 7) is 0. The van der Waals surface area contributed by atoms with Crippen LogP contribution in [0.5, 0.6) is 0 Å². The Hall–Kier alpha value is -6.18. The van der Waals surface area contributed by atoms with Crippen LogP contribution < -0.4 is 4.90 Å². The van der Waals surface area contributed by atoms with Crippen LogP contribution in [0.15, 0.2) is 188 Å². The zero-order valence-corrected chi connectivity index (χ0v) is 25.1. The van der Waals surface area contributed by atoms with Crippen molar-refractivity contribution in [3.63, 3.8) is 0 Å². The van der Waals surface area contributed by atoms with Crippen LogP contribution in [0.4, 0.5) is 17.1 Å². The number of fused-ring (bicyclic) bond motifs is 6. The third-order valence-corrected chi connectivity index (χ3v) is 8.78. The highest BCUT2D eigenvalue weighted by molar-refractivity contribution is 6.15. The molecule has 0 aliphatic heterocycles. The number of benzene rings is 9. The monoisotopic (exact) mass is 606 g/mol. The second-order valence-electron chi connectivity index (χ2n) is 11.5. The molecule has 1 nitrogen and oxygen atoms in total. The summed E-state index contributed by atoms with van der Waals surface area (Å²) in [5.41, 5.74) is 2.42. The molecule has 9 aromatic rings. The molecule has 47 heavy (non-hydrogen) atoms. The van der Waals surface area contributed by atoms with Gasteiger partial charge in [0.2, 0.25) is 0 Å². The van der Waals surface area contributed by atoms with E-state index in [4.69, 9.17) is 6.85 Å². The molecular formula is C46H31N. The highest BCUT2D eigenvalue weighted by Gasteiger charge is 2.18. The molecule has 0 amide bonds. The van der Waals surface area contributed by atoms with E-state index < -0.39 is 54.4 Å². The lowest BCUT2D eigenvalue weighted by molar-refractivity contribution is 1.30. The molecule has 0 aromatic heterocycles. The Labute approximate surface area is 287 Å². The average molecular weight is 607 g/mol. The molecule has 0 bridgehead atoms. The first-order chi connectivity index (χ1) is 27.1. The maximum Gasteiger partial charge on any atom is 0.0645 e. The molecule has 9 aromatic carbocycles. The summed E-state index contributed by atoms with van der Waals surface area (Å²) in [5.74, 6) is 0. The van der Waals surface area contributed by atoms with Crippen LogP contribution in [0, 0.1) is 0 Å². The predicted octanol–water partition coefficient (Wildman–Crippen LogP) is 13.1. The Morgan fingerprint density at radius 2 is 0.872 bits per heavy atom. The van der Waals surface area contributed by atoms with Crippen molar-refractivity contribution in [2.24, 2.45) is 0 Å². The quantitative estimate of drug-likeness (QED) is 0.176. The van der Waals surface area contributed by atoms with Gasteiger partial charge >= 0.3 is 0 Å². The topological polar surface area (TPSA) is 3.24 Å². The molecule has 0 N–H and O–H groups in total. The minimum absolute atomic E-state index is 0.0412. The molecule has 0 spiro atoms. The molecule has 0 heterocycles. The molecule has 0 radical (unpaired) electrons. The van der Waals surface area contributed by atoms with Gasteiger partial charge in [-0.05, 0) is 96.3 Å². The molecule has 0 unspecified atom stereocenters. The lowest BCUT2D eigenvalue weighted by Gasteiger charge is -2.28. The van der Waals surface area contributed by atoms with Gasteiger partial charge in [0.15, 0.2) is 0 Å². The van der Waals surface area contributed by atoms with Crippen LogP contribution >= 0.6 is 0 Å². The molecule has 0 atom stereocenters. The molecule has 9 rings (SSSR count). The van der Waals surface area contributed by atoms with Gasteiger partial charge in [0, 0.05) is 16.8 Å². The second-order valence-corrected chi connectivity index (χ2v) is 11.5. The van der Waals surface area contributed by atoms with E-state index in [2.05, 4.69) is 30.3 Å². The summed E-state index contributed by atoms with van der Waals surface area (Å²) in [6.07, 6.45) is 0. The summed E-state index contributed by atoms with van der Waals surface area (Å²) >= 11 is 0. The Bertz CT molecular complexity index is 3030. The molecule has 0 fully saturated rings. The van der Waals surface area contributed by atoms with E-state index in [1.54, 1.807) is 4.90 Å². The third-order valence-electron chi connectivity index (χ3n) is 8.78. The van der Waals surface area contributed by atoms with Crippen LogP contribution in [0.2, 0.25) is 0 Å². The van der Waals surface area contributed by atoms with Crippen LogP contribution in [-0.2, 0) is 0 Å². The van der Waals surface area contributed by atoms with Crippen molar-refractivity contribution < 1.29 is 12.3 Å². The van der Waals surface area contributed by atoms with Crippen LogP contribution in [-0.4, -0.2) is 0 Å². The normalized spacial score (nSPS) is 14.1. The van der Waals surface area contributed by atoms with E-state index in [1.807, 2.05) is 103 Å². The molecule has 0 aliphatic rings. The molecule has 0 saturated carbocycles. The Kier molecular flexibility index (Phi) is 4.66. The minimum Gasteiger partial charge on any atom is -0.310 e. The van der Waals surface area contributed by atoms with Crippen molar-refractivity contribution in [1.29, 1.82) is 0 Å². The van der Waals surface area contributed by atoms with E-state index in [-0.39, 0.29) is 16.8 Å². The smallest absolute Gasteiger partial charge is 0.0645 e. The second kappa shape index (κ2) is 11.3. The Morgan fingerprint density at radius 3 is 1.53 bits per heavy atom.